The molecule has 1 saturated heterocycles. The molecule has 34 heavy (non-hydrogen) atoms. The van der Waals surface area contributed by atoms with E-state index >= 15 is 0 Å². The lowest BCUT2D eigenvalue weighted by Gasteiger charge is -2.27. The van der Waals surface area contributed by atoms with Gasteiger partial charge in [0.2, 0.25) is 5.91 Å². The second-order valence-corrected chi connectivity index (χ2v) is 9.32. The van der Waals surface area contributed by atoms with Crippen LogP contribution >= 0.6 is 11.6 Å². The van der Waals surface area contributed by atoms with Gasteiger partial charge in [0.15, 0.2) is 5.60 Å². The summed E-state index contributed by atoms with van der Waals surface area (Å²) < 4.78 is 0. The molecule has 2 aliphatic rings. The molecule has 0 unspecified atom stereocenters. The smallest absolute Gasteiger partial charge is 0.264 e. The van der Waals surface area contributed by atoms with Crippen molar-refractivity contribution in [1.29, 1.82) is 0 Å². The molecule has 0 radical (unpaired) electrons. The SMILES string of the molecule is C[C@H](/C=C/CCO)[C@@]1(O)C(=O)N(Cc2cccc(NC(=O)[C@H]3CCCN3)c2)c2ccc(Cl)cc21. The summed E-state index contributed by atoms with van der Waals surface area (Å²) in [5.41, 5.74) is 0.771. The average Bonchev–Trinajstić information content (AvgIpc) is 3.43. The monoisotopic (exact) mass is 483 g/mol. The molecule has 0 saturated carbocycles. The Hall–Kier alpha value is -2.71. The van der Waals surface area contributed by atoms with Crippen molar-refractivity contribution in [2.24, 2.45) is 5.92 Å². The molecular weight excluding hydrogens is 454 g/mol. The van der Waals surface area contributed by atoms with Gasteiger partial charge in [-0.25, -0.2) is 0 Å². The molecule has 0 bridgehead atoms. The number of amides is 2. The Labute approximate surface area is 204 Å². The highest BCUT2D eigenvalue weighted by Crippen LogP contribution is 2.46. The Bertz CT molecular complexity index is 1100. The summed E-state index contributed by atoms with van der Waals surface area (Å²) >= 11 is 6.22. The van der Waals surface area contributed by atoms with Gasteiger partial charge in [-0.05, 0) is 61.7 Å². The van der Waals surface area contributed by atoms with Crippen LogP contribution in [0.1, 0.15) is 37.3 Å². The van der Waals surface area contributed by atoms with E-state index in [0.29, 0.717) is 28.4 Å². The number of fused-ring (bicyclic) bond motifs is 1. The van der Waals surface area contributed by atoms with Crippen LogP contribution in [0, 0.1) is 5.92 Å². The summed E-state index contributed by atoms with van der Waals surface area (Å²) in [5, 5.41) is 27.3. The van der Waals surface area contributed by atoms with Crippen molar-refractivity contribution in [3.8, 4) is 0 Å². The first-order valence-corrected chi connectivity index (χ1v) is 12.0. The van der Waals surface area contributed by atoms with Crippen LogP contribution in [0.4, 0.5) is 11.4 Å². The number of hydrogen-bond donors (Lipinski definition) is 4. The zero-order chi connectivity index (χ0) is 24.3. The lowest BCUT2D eigenvalue weighted by Crippen LogP contribution is -2.44. The van der Waals surface area contributed by atoms with Crippen LogP contribution < -0.4 is 15.5 Å². The number of carbonyl (C=O) groups is 2. The number of carbonyl (C=O) groups excluding carboxylic acids is 2. The molecule has 0 aromatic heterocycles. The molecule has 0 aliphatic carbocycles. The molecule has 2 aromatic carbocycles. The average molecular weight is 484 g/mol. The van der Waals surface area contributed by atoms with Gasteiger partial charge in [0, 0.05) is 28.8 Å². The maximum atomic E-state index is 13.6. The Morgan fingerprint density at radius 1 is 1.35 bits per heavy atom. The predicted octanol–water partition coefficient (Wildman–Crippen LogP) is 3.34. The topological polar surface area (TPSA) is 102 Å². The maximum Gasteiger partial charge on any atom is 0.264 e. The quantitative estimate of drug-likeness (QED) is 0.431. The van der Waals surface area contributed by atoms with E-state index < -0.39 is 17.4 Å². The minimum Gasteiger partial charge on any atom is -0.396 e. The zero-order valence-electron chi connectivity index (χ0n) is 19.1. The number of nitrogens with zero attached hydrogens (tertiary/aromatic N) is 1. The van der Waals surface area contributed by atoms with Gasteiger partial charge in [-0.15, -0.1) is 0 Å². The van der Waals surface area contributed by atoms with E-state index in [0.717, 1.165) is 24.9 Å². The van der Waals surface area contributed by atoms with Gasteiger partial charge in [-0.3, -0.25) is 9.59 Å². The predicted molar refractivity (Wildman–Crippen MR) is 133 cm³/mol. The molecule has 7 nitrogen and oxygen atoms in total. The molecule has 8 heteroatoms. The second kappa shape index (κ2) is 10.3. The van der Waals surface area contributed by atoms with Gasteiger partial charge in [-0.1, -0.05) is 42.8 Å². The standard InChI is InChI=1S/C26H30ClN3O4/c1-17(6-2-3-13-31)26(34)21-15-19(27)10-11-23(21)30(25(26)33)16-18-7-4-8-20(14-18)29-24(32)22-9-5-12-28-22/h2,4,6-8,10-11,14-15,17,22,28,31,34H,3,5,9,12-13,16H2,1H3,(H,29,32)/b6-2+/t17-,22-,26+/m1/s1. The van der Waals surface area contributed by atoms with Crippen LogP contribution in [-0.4, -0.2) is 41.2 Å². The first kappa shape index (κ1) is 24.4. The highest BCUT2D eigenvalue weighted by Gasteiger charge is 2.52. The van der Waals surface area contributed by atoms with E-state index in [9.17, 15) is 14.7 Å². The molecule has 1 fully saturated rings. The molecule has 4 rings (SSSR count). The lowest BCUT2D eigenvalue weighted by atomic mass is 9.83. The Morgan fingerprint density at radius 3 is 2.91 bits per heavy atom. The summed E-state index contributed by atoms with van der Waals surface area (Å²) in [6.07, 6.45) is 5.74. The summed E-state index contributed by atoms with van der Waals surface area (Å²) in [4.78, 5) is 27.6. The van der Waals surface area contributed by atoms with Crippen molar-refractivity contribution in [1.82, 2.24) is 5.32 Å². The zero-order valence-corrected chi connectivity index (χ0v) is 19.9. The summed E-state index contributed by atoms with van der Waals surface area (Å²) in [5.74, 6) is -1.03. The first-order valence-electron chi connectivity index (χ1n) is 11.6. The highest BCUT2D eigenvalue weighted by molar-refractivity contribution is 6.31. The number of hydrogen-bond acceptors (Lipinski definition) is 5. The van der Waals surface area contributed by atoms with E-state index in [1.807, 2.05) is 24.3 Å². The molecular formula is C26H30ClN3O4. The van der Waals surface area contributed by atoms with E-state index in [4.69, 9.17) is 16.7 Å². The van der Waals surface area contributed by atoms with Gasteiger partial charge in [0.05, 0.1) is 18.3 Å². The van der Waals surface area contributed by atoms with E-state index in [1.54, 1.807) is 42.2 Å². The van der Waals surface area contributed by atoms with E-state index in [-0.39, 0.29) is 25.1 Å². The van der Waals surface area contributed by atoms with E-state index in [2.05, 4.69) is 10.6 Å². The Morgan fingerprint density at radius 2 is 2.18 bits per heavy atom. The van der Waals surface area contributed by atoms with Crippen molar-refractivity contribution in [2.45, 2.75) is 44.4 Å². The molecule has 2 heterocycles. The molecule has 2 aromatic rings. The van der Waals surface area contributed by atoms with Crippen LogP contribution in [-0.2, 0) is 21.7 Å². The highest BCUT2D eigenvalue weighted by atomic mass is 35.5. The molecule has 0 spiro atoms. The molecule has 3 atom stereocenters. The number of halogens is 1. The number of anilines is 2. The van der Waals surface area contributed by atoms with Gasteiger partial charge in [-0.2, -0.15) is 0 Å². The summed E-state index contributed by atoms with van der Waals surface area (Å²) in [7, 11) is 0. The van der Waals surface area contributed by atoms with E-state index in [1.165, 1.54) is 0 Å². The number of aliphatic hydroxyl groups excluding tert-OH is 1. The largest absolute Gasteiger partial charge is 0.396 e. The van der Waals surface area contributed by atoms with Crippen LogP contribution in [0.2, 0.25) is 5.02 Å². The second-order valence-electron chi connectivity index (χ2n) is 8.89. The van der Waals surface area contributed by atoms with Crippen LogP contribution in [0.15, 0.2) is 54.6 Å². The number of rotatable bonds is 8. The molecule has 2 amide bonds. The van der Waals surface area contributed by atoms with Gasteiger partial charge in [0.1, 0.15) is 0 Å². The minimum atomic E-state index is -1.77. The van der Waals surface area contributed by atoms with Crippen LogP contribution in [0.5, 0.6) is 0 Å². The summed E-state index contributed by atoms with van der Waals surface area (Å²) in [6.45, 7) is 2.84. The third-order valence-electron chi connectivity index (χ3n) is 6.52. The fraction of sp³-hybridized carbons (Fsp3) is 0.385. The number of aliphatic hydroxyl groups is 2. The van der Waals surface area contributed by atoms with Gasteiger partial charge < -0.3 is 25.7 Å². The van der Waals surface area contributed by atoms with Crippen molar-refractivity contribution >= 4 is 34.8 Å². The fourth-order valence-electron chi connectivity index (χ4n) is 4.66. The van der Waals surface area contributed by atoms with Crippen LogP contribution in [0.25, 0.3) is 0 Å². The fourth-order valence-corrected chi connectivity index (χ4v) is 4.83. The minimum absolute atomic E-state index is 0.00613. The van der Waals surface area contributed by atoms with Gasteiger partial charge >= 0.3 is 0 Å². The normalized spacial score (nSPS) is 22.9. The lowest BCUT2D eigenvalue weighted by molar-refractivity contribution is -0.139. The Kier molecular flexibility index (Phi) is 7.38. The number of nitrogens with one attached hydrogen (secondary N) is 2. The van der Waals surface area contributed by atoms with Crippen molar-refractivity contribution in [2.75, 3.05) is 23.4 Å². The van der Waals surface area contributed by atoms with Crippen molar-refractivity contribution in [3.05, 3.63) is 70.8 Å². The maximum absolute atomic E-state index is 13.6. The Balaban J connectivity index is 1.59. The first-order chi connectivity index (χ1) is 16.3. The third kappa shape index (κ3) is 4.74. The van der Waals surface area contributed by atoms with Crippen molar-refractivity contribution in [3.63, 3.8) is 0 Å². The molecule has 180 valence electrons. The summed E-state index contributed by atoms with van der Waals surface area (Å²) in [6, 6.07) is 12.3. The molecule has 2 aliphatic heterocycles. The number of benzene rings is 2. The van der Waals surface area contributed by atoms with Crippen molar-refractivity contribution < 1.29 is 19.8 Å². The van der Waals surface area contributed by atoms with Crippen LogP contribution in [0.3, 0.4) is 0 Å². The van der Waals surface area contributed by atoms with Gasteiger partial charge in [0.25, 0.3) is 5.91 Å². The molecule has 4 N–H and O–H groups in total. The third-order valence-corrected chi connectivity index (χ3v) is 6.76.